The van der Waals surface area contributed by atoms with E-state index in [1.165, 1.54) is 31.4 Å². The number of aromatic hydroxyl groups is 1. The van der Waals surface area contributed by atoms with E-state index in [4.69, 9.17) is 11.6 Å². The molecule has 1 atom stereocenters. The van der Waals surface area contributed by atoms with Crippen molar-refractivity contribution in [2.45, 2.75) is 45.4 Å². The fourth-order valence-electron chi connectivity index (χ4n) is 1.84. The number of phenolic OH excluding ortho intramolecular Hbond substituents is 1. The molecule has 0 radical (unpaired) electrons. The van der Waals surface area contributed by atoms with Gasteiger partial charge in [0, 0.05) is 0 Å². The standard InChI is InChI=1S/C14H23ClINO3/c1-2-3-4-5-6-7-10-16(19,20)17-12-8-9-14(18)13(15)11-12/h8-9,11,18H,2-7,10H2,1H3,(H2,17,19,20). The predicted octanol–water partition coefficient (Wildman–Crippen LogP) is 5.03. The second-order valence-corrected chi connectivity index (χ2v) is 10.2. The SMILES string of the molecule is CCCCCCCCI(=O)(O)Nc1ccc(O)c(Cl)c1. The number of hydrogen-bond donors (Lipinski definition) is 3. The summed E-state index contributed by atoms with van der Waals surface area (Å²) in [5, 5.41) is 9.47. The van der Waals surface area contributed by atoms with Gasteiger partial charge in [0.1, 0.15) is 0 Å². The van der Waals surface area contributed by atoms with Gasteiger partial charge in [-0.25, -0.2) is 0 Å². The van der Waals surface area contributed by atoms with Crippen LogP contribution in [0.2, 0.25) is 5.02 Å². The number of halogens is 2. The van der Waals surface area contributed by atoms with Gasteiger partial charge in [0.25, 0.3) is 0 Å². The van der Waals surface area contributed by atoms with Crippen molar-refractivity contribution in [1.82, 2.24) is 0 Å². The fraction of sp³-hybridized carbons (Fsp3) is 0.571. The number of unbranched alkanes of at least 4 members (excludes halogenated alkanes) is 5. The fourth-order valence-corrected chi connectivity index (χ4v) is 5.17. The average Bonchev–Trinajstić information content (AvgIpc) is 2.38. The maximum absolute atomic E-state index is 12.1. The van der Waals surface area contributed by atoms with E-state index in [2.05, 4.69) is 10.5 Å². The van der Waals surface area contributed by atoms with Crippen LogP contribution in [-0.2, 0) is 3.07 Å². The summed E-state index contributed by atoms with van der Waals surface area (Å²) in [5.74, 6) is -0.0332. The average molecular weight is 416 g/mol. The molecule has 1 aromatic rings. The summed E-state index contributed by atoms with van der Waals surface area (Å²) < 4.78 is 25.0. The number of alkyl halides is 1. The zero-order chi connectivity index (χ0) is 15.0. The number of hydrogen-bond acceptors (Lipinski definition) is 2. The topological polar surface area (TPSA) is 69.6 Å². The molecule has 0 fully saturated rings. The van der Waals surface area contributed by atoms with Gasteiger partial charge in [-0.15, -0.1) is 0 Å². The first-order chi connectivity index (χ1) is 9.44. The van der Waals surface area contributed by atoms with Crippen LogP contribution in [0.5, 0.6) is 5.75 Å². The van der Waals surface area contributed by atoms with Gasteiger partial charge >= 0.3 is 130 Å². The van der Waals surface area contributed by atoms with E-state index in [-0.39, 0.29) is 10.8 Å². The van der Waals surface area contributed by atoms with E-state index < -0.39 is 19.1 Å². The molecule has 0 saturated heterocycles. The molecule has 0 amide bonds. The number of nitrogens with one attached hydrogen (secondary N) is 1. The first kappa shape index (κ1) is 17.7. The zero-order valence-corrected chi connectivity index (χ0v) is 14.7. The molecule has 0 aliphatic heterocycles. The van der Waals surface area contributed by atoms with Crippen LogP contribution in [0.1, 0.15) is 45.4 Å². The van der Waals surface area contributed by atoms with Crippen LogP contribution in [-0.4, -0.2) is 13.0 Å². The van der Waals surface area contributed by atoms with Gasteiger partial charge in [-0.1, -0.05) is 0 Å². The zero-order valence-electron chi connectivity index (χ0n) is 11.7. The predicted molar refractivity (Wildman–Crippen MR) is 91.9 cm³/mol. The summed E-state index contributed by atoms with van der Waals surface area (Å²) in [4.78, 5) is 0. The summed E-state index contributed by atoms with van der Waals surface area (Å²) in [6.45, 7) is 2.16. The summed E-state index contributed by atoms with van der Waals surface area (Å²) in [7, 11) is 0. The summed E-state index contributed by atoms with van der Waals surface area (Å²) >= 11 is 1.63. The second kappa shape index (κ2) is 8.79. The Morgan fingerprint density at radius 3 is 2.50 bits per heavy atom. The van der Waals surface area contributed by atoms with Crippen molar-refractivity contribution in [2.75, 3.05) is 7.96 Å². The Kier molecular flexibility index (Phi) is 7.76. The molecule has 4 nitrogen and oxygen atoms in total. The molecular formula is C14H23ClINO3. The third kappa shape index (κ3) is 6.85. The van der Waals surface area contributed by atoms with Crippen molar-refractivity contribution in [3.05, 3.63) is 23.2 Å². The first-order valence-corrected chi connectivity index (χ1v) is 11.7. The van der Waals surface area contributed by atoms with Crippen molar-refractivity contribution in [3.8, 4) is 5.75 Å². The van der Waals surface area contributed by atoms with Gasteiger partial charge < -0.3 is 0 Å². The van der Waals surface area contributed by atoms with E-state index in [0.717, 1.165) is 19.3 Å². The molecule has 0 spiro atoms. The van der Waals surface area contributed by atoms with Gasteiger partial charge in [0.2, 0.25) is 0 Å². The Labute approximate surface area is 130 Å². The third-order valence-electron chi connectivity index (χ3n) is 2.95. The number of phenols is 1. The van der Waals surface area contributed by atoms with E-state index in [9.17, 15) is 11.6 Å². The Balaban J connectivity index is 2.37. The Morgan fingerprint density at radius 1 is 1.20 bits per heavy atom. The monoisotopic (exact) mass is 415 g/mol. The van der Waals surface area contributed by atoms with Crippen LogP contribution in [0.25, 0.3) is 0 Å². The quantitative estimate of drug-likeness (QED) is 0.174. The van der Waals surface area contributed by atoms with E-state index in [1.54, 1.807) is 6.07 Å². The van der Waals surface area contributed by atoms with Gasteiger partial charge in [-0.05, 0) is 0 Å². The summed E-state index contributed by atoms with van der Waals surface area (Å²) in [5.41, 5.74) is 0.479. The summed E-state index contributed by atoms with van der Waals surface area (Å²) in [6.07, 6.45) is 6.50. The number of anilines is 1. The van der Waals surface area contributed by atoms with Gasteiger partial charge in [0.05, 0.1) is 0 Å². The van der Waals surface area contributed by atoms with Crippen molar-refractivity contribution >= 4 is 36.4 Å². The molecule has 0 aromatic heterocycles. The minimum absolute atomic E-state index is 0.0332. The van der Waals surface area contributed by atoms with Crippen molar-refractivity contribution in [2.24, 2.45) is 0 Å². The van der Waals surface area contributed by atoms with Crippen LogP contribution in [0.3, 0.4) is 0 Å². The Hall–Kier alpha value is -0.400. The molecule has 116 valence electrons. The number of benzene rings is 1. The van der Waals surface area contributed by atoms with Crippen molar-refractivity contribution in [3.63, 3.8) is 0 Å². The molecular weight excluding hydrogens is 393 g/mol. The molecule has 1 aromatic carbocycles. The van der Waals surface area contributed by atoms with E-state index in [1.807, 2.05) is 0 Å². The number of rotatable bonds is 9. The molecule has 0 aliphatic carbocycles. The van der Waals surface area contributed by atoms with Crippen molar-refractivity contribution in [1.29, 1.82) is 0 Å². The Bertz CT molecular complexity index is 468. The van der Waals surface area contributed by atoms with E-state index >= 15 is 0 Å². The van der Waals surface area contributed by atoms with Crippen LogP contribution < -0.4 is 3.53 Å². The molecule has 1 rings (SSSR count). The van der Waals surface area contributed by atoms with Gasteiger partial charge in [-0.3, -0.25) is 0 Å². The molecule has 0 heterocycles. The molecule has 0 saturated carbocycles. The molecule has 0 aliphatic rings. The van der Waals surface area contributed by atoms with Crippen LogP contribution in [0, 0.1) is 0 Å². The molecule has 3 N–H and O–H groups in total. The molecule has 1 unspecified atom stereocenters. The molecule has 6 heteroatoms. The first-order valence-electron chi connectivity index (χ1n) is 6.89. The van der Waals surface area contributed by atoms with Crippen LogP contribution in [0.15, 0.2) is 18.2 Å². The van der Waals surface area contributed by atoms with E-state index in [0.29, 0.717) is 10.1 Å². The Morgan fingerprint density at radius 2 is 1.85 bits per heavy atom. The summed E-state index contributed by atoms with van der Waals surface area (Å²) in [6, 6.07) is 4.42. The normalized spacial score (nSPS) is 15.6. The second-order valence-electron chi connectivity index (χ2n) is 4.81. The maximum atomic E-state index is 12.1. The molecule has 20 heavy (non-hydrogen) atoms. The molecule has 0 bridgehead atoms. The third-order valence-corrected chi connectivity index (χ3v) is 6.94. The van der Waals surface area contributed by atoms with Crippen LogP contribution >= 0.6 is 30.7 Å². The van der Waals surface area contributed by atoms with Crippen molar-refractivity contribution < 1.29 is 11.6 Å². The van der Waals surface area contributed by atoms with Gasteiger partial charge in [-0.2, -0.15) is 0 Å². The van der Waals surface area contributed by atoms with Gasteiger partial charge in [0.15, 0.2) is 0 Å². The minimum atomic E-state index is -4.13. The van der Waals surface area contributed by atoms with Crippen LogP contribution in [0.4, 0.5) is 5.69 Å².